The summed E-state index contributed by atoms with van der Waals surface area (Å²) in [6, 6.07) is 15.3. The minimum atomic E-state index is -0.154. The fraction of sp³-hybridized carbons (Fsp3) is 0.111. The Labute approximate surface area is 153 Å². The Morgan fingerprint density at radius 1 is 1.19 bits per heavy atom. The van der Waals surface area contributed by atoms with Crippen LogP contribution in [0.2, 0.25) is 0 Å². The summed E-state index contributed by atoms with van der Waals surface area (Å²) >= 11 is 1.32. The second kappa shape index (κ2) is 6.93. The SMILES string of the molecule is COc1ccc(CN2C(=O)C(=NNc3nncs3)c3ccccc32)cc1. The zero-order valence-corrected chi connectivity index (χ0v) is 14.7. The second-order valence-electron chi connectivity index (χ2n) is 5.57. The number of aromatic nitrogens is 2. The van der Waals surface area contributed by atoms with Crippen LogP contribution >= 0.6 is 11.3 Å². The summed E-state index contributed by atoms with van der Waals surface area (Å²) in [6.45, 7) is 0.456. The third-order valence-electron chi connectivity index (χ3n) is 4.02. The van der Waals surface area contributed by atoms with E-state index >= 15 is 0 Å². The van der Waals surface area contributed by atoms with E-state index in [4.69, 9.17) is 4.74 Å². The van der Waals surface area contributed by atoms with Crippen LogP contribution in [0.25, 0.3) is 0 Å². The summed E-state index contributed by atoms with van der Waals surface area (Å²) in [7, 11) is 1.63. The fourth-order valence-corrected chi connectivity index (χ4v) is 3.15. The predicted octanol–water partition coefficient (Wildman–Crippen LogP) is 2.91. The third-order valence-corrected chi connectivity index (χ3v) is 4.62. The van der Waals surface area contributed by atoms with Gasteiger partial charge in [0, 0.05) is 5.56 Å². The van der Waals surface area contributed by atoms with Crippen LogP contribution in [0.15, 0.2) is 59.1 Å². The van der Waals surface area contributed by atoms with Gasteiger partial charge in [-0.05, 0) is 23.8 Å². The van der Waals surface area contributed by atoms with Gasteiger partial charge in [-0.1, -0.05) is 41.7 Å². The number of methoxy groups -OCH3 is 1. The molecule has 0 spiro atoms. The number of para-hydroxylation sites is 1. The Balaban J connectivity index is 1.63. The zero-order valence-electron chi connectivity index (χ0n) is 13.9. The van der Waals surface area contributed by atoms with Crippen LogP contribution in [-0.4, -0.2) is 28.9 Å². The van der Waals surface area contributed by atoms with Gasteiger partial charge in [-0.25, -0.2) is 0 Å². The van der Waals surface area contributed by atoms with Crippen molar-refractivity contribution in [2.75, 3.05) is 17.4 Å². The van der Waals surface area contributed by atoms with Gasteiger partial charge < -0.3 is 9.64 Å². The zero-order chi connectivity index (χ0) is 17.9. The molecule has 0 unspecified atom stereocenters. The number of hydrogen-bond acceptors (Lipinski definition) is 7. The molecule has 0 atom stereocenters. The minimum Gasteiger partial charge on any atom is -0.497 e. The van der Waals surface area contributed by atoms with E-state index < -0.39 is 0 Å². The summed E-state index contributed by atoms with van der Waals surface area (Å²) < 4.78 is 5.18. The van der Waals surface area contributed by atoms with Crippen LogP contribution in [0.1, 0.15) is 11.1 Å². The number of hydrogen-bond donors (Lipinski definition) is 1. The Morgan fingerprint density at radius 2 is 2.00 bits per heavy atom. The molecular weight excluding hydrogens is 350 g/mol. The lowest BCUT2D eigenvalue weighted by atomic mass is 10.1. The van der Waals surface area contributed by atoms with Crippen molar-refractivity contribution in [1.82, 2.24) is 10.2 Å². The van der Waals surface area contributed by atoms with Crippen LogP contribution in [0.4, 0.5) is 10.8 Å². The van der Waals surface area contributed by atoms with Crippen molar-refractivity contribution in [3.05, 3.63) is 65.2 Å². The van der Waals surface area contributed by atoms with Crippen molar-refractivity contribution in [3.8, 4) is 5.75 Å². The molecule has 0 saturated heterocycles. The smallest absolute Gasteiger partial charge is 0.279 e. The normalized spacial score (nSPS) is 14.6. The molecule has 2 heterocycles. The molecule has 0 fully saturated rings. The van der Waals surface area contributed by atoms with Gasteiger partial charge in [-0.2, -0.15) is 5.10 Å². The standard InChI is InChI=1S/C18H15N5O2S/c1-25-13-8-6-12(7-9-13)10-23-15-5-3-2-4-14(15)16(17(23)24)20-22-18-21-19-11-26-18/h2-9,11H,10H2,1H3,(H,21,22). The maximum Gasteiger partial charge on any atom is 0.279 e. The number of carbonyl (C=O) groups excluding carboxylic acids is 1. The highest BCUT2D eigenvalue weighted by molar-refractivity contribution is 7.13. The minimum absolute atomic E-state index is 0.154. The number of rotatable bonds is 5. The number of anilines is 2. The lowest BCUT2D eigenvalue weighted by molar-refractivity contribution is -0.112. The van der Waals surface area contributed by atoms with Gasteiger partial charge in [0.05, 0.1) is 19.3 Å². The highest BCUT2D eigenvalue weighted by atomic mass is 32.1. The first-order chi connectivity index (χ1) is 12.8. The number of nitrogens with zero attached hydrogens (tertiary/aromatic N) is 4. The summed E-state index contributed by atoms with van der Waals surface area (Å²) in [5.74, 6) is 0.629. The highest BCUT2D eigenvalue weighted by Gasteiger charge is 2.33. The molecule has 4 rings (SSSR count). The number of amides is 1. The number of ether oxygens (including phenoxy) is 1. The summed E-state index contributed by atoms with van der Waals surface area (Å²) in [4.78, 5) is 14.7. The Bertz CT molecular complexity index is 954. The van der Waals surface area contributed by atoms with Gasteiger partial charge in [-0.15, -0.1) is 10.2 Å². The maximum absolute atomic E-state index is 12.9. The molecule has 0 bridgehead atoms. The molecule has 0 saturated carbocycles. The van der Waals surface area contributed by atoms with E-state index in [0.29, 0.717) is 17.4 Å². The molecule has 26 heavy (non-hydrogen) atoms. The van der Waals surface area contributed by atoms with E-state index in [1.165, 1.54) is 11.3 Å². The van der Waals surface area contributed by atoms with Gasteiger partial charge in [0.1, 0.15) is 11.3 Å². The Morgan fingerprint density at radius 3 is 2.73 bits per heavy atom. The van der Waals surface area contributed by atoms with Crippen molar-refractivity contribution in [3.63, 3.8) is 0 Å². The van der Waals surface area contributed by atoms with Crippen molar-refractivity contribution < 1.29 is 9.53 Å². The quantitative estimate of drug-likeness (QED) is 0.703. The van der Waals surface area contributed by atoms with Crippen LogP contribution in [0, 0.1) is 0 Å². The molecule has 1 amide bonds. The average Bonchev–Trinajstić information content (AvgIpc) is 3.28. The lowest BCUT2D eigenvalue weighted by Crippen LogP contribution is -2.30. The molecule has 0 aliphatic carbocycles. The monoisotopic (exact) mass is 365 g/mol. The number of benzene rings is 2. The molecule has 3 aromatic rings. The molecule has 1 aliphatic rings. The number of hydrazone groups is 1. The molecule has 7 nitrogen and oxygen atoms in total. The Kier molecular flexibility index (Phi) is 4.32. The number of fused-ring (bicyclic) bond motifs is 1. The topological polar surface area (TPSA) is 79.7 Å². The first-order valence-electron chi connectivity index (χ1n) is 7.90. The largest absolute Gasteiger partial charge is 0.497 e. The van der Waals surface area contributed by atoms with E-state index in [1.807, 2.05) is 48.5 Å². The predicted molar refractivity (Wildman–Crippen MR) is 101 cm³/mol. The van der Waals surface area contributed by atoms with Gasteiger partial charge in [0.25, 0.3) is 5.91 Å². The van der Waals surface area contributed by atoms with E-state index in [-0.39, 0.29) is 5.91 Å². The maximum atomic E-state index is 12.9. The average molecular weight is 365 g/mol. The van der Waals surface area contributed by atoms with Gasteiger partial charge in [0.2, 0.25) is 5.13 Å². The second-order valence-corrected chi connectivity index (χ2v) is 6.41. The Hall–Kier alpha value is -3.26. The molecule has 8 heteroatoms. The highest BCUT2D eigenvalue weighted by Crippen LogP contribution is 2.31. The molecule has 130 valence electrons. The molecule has 1 aliphatic heterocycles. The van der Waals surface area contributed by atoms with Crippen molar-refractivity contribution in [2.45, 2.75) is 6.54 Å². The first-order valence-corrected chi connectivity index (χ1v) is 8.78. The molecule has 1 aromatic heterocycles. The van der Waals surface area contributed by atoms with Gasteiger partial charge in [0.15, 0.2) is 5.71 Å². The molecular formula is C18H15N5O2S. The van der Waals surface area contributed by atoms with Crippen LogP contribution < -0.4 is 15.1 Å². The molecule has 2 aromatic carbocycles. The molecule has 1 N–H and O–H groups in total. The summed E-state index contributed by atoms with van der Waals surface area (Å²) in [5, 5.41) is 12.4. The number of nitrogens with one attached hydrogen (secondary N) is 1. The van der Waals surface area contributed by atoms with Crippen LogP contribution in [0.3, 0.4) is 0 Å². The summed E-state index contributed by atoms with van der Waals surface area (Å²) in [6.07, 6.45) is 0. The third kappa shape index (κ3) is 3.02. The van der Waals surface area contributed by atoms with Gasteiger partial charge >= 0.3 is 0 Å². The van der Waals surface area contributed by atoms with Crippen LogP contribution in [-0.2, 0) is 11.3 Å². The van der Waals surface area contributed by atoms with E-state index in [0.717, 1.165) is 22.6 Å². The van der Waals surface area contributed by atoms with E-state index in [9.17, 15) is 4.79 Å². The number of carbonyl (C=O) groups is 1. The van der Waals surface area contributed by atoms with Crippen molar-refractivity contribution >= 4 is 33.8 Å². The van der Waals surface area contributed by atoms with Crippen molar-refractivity contribution in [1.29, 1.82) is 0 Å². The lowest BCUT2D eigenvalue weighted by Gasteiger charge is -2.17. The first kappa shape index (κ1) is 16.2. The summed E-state index contributed by atoms with van der Waals surface area (Å²) in [5.41, 5.74) is 7.41. The van der Waals surface area contributed by atoms with E-state index in [2.05, 4.69) is 20.7 Å². The van der Waals surface area contributed by atoms with Crippen molar-refractivity contribution in [2.24, 2.45) is 5.10 Å². The fourth-order valence-electron chi connectivity index (χ4n) is 2.77. The molecule has 0 radical (unpaired) electrons. The van der Waals surface area contributed by atoms with Crippen LogP contribution in [0.5, 0.6) is 5.75 Å². The van der Waals surface area contributed by atoms with Gasteiger partial charge in [-0.3, -0.25) is 10.2 Å². The van der Waals surface area contributed by atoms with E-state index in [1.54, 1.807) is 17.5 Å².